The summed E-state index contributed by atoms with van der Waals surface area (Å²) < 4.78 is 12.8. The molecule has 0 aliphatic carbocycles. The molecule has 3 aromatic rings. The van der Waals surface area contributed by atoms with E-state index in [-0.39, 0.29) is 36.6 Å². The molecule has 37 heavy (non-hydrogen) atoms. The van der Waals surface area contributed by atoms with Crippen LogP contribution >= 0.6 is 0 Å². The Labute approximate surface area is 217 Å². The third-order valence-corrected chi connectivity index (χ3v) is 6.22. The fourth-order valence-corrected chi connectivity index (χ4v) is 3.85. The van der Waals surface area contributed by atoms with Gasteiger partial charge < -0.3 is 19.6 Å². The number of aryl methyl sites for hydroxylation is 1. The van der Waals surface area contributed by atoms with E-state index in [1.54, 1.807) is 32.4 Å². The third-order valence-electron chi connectivity index (χ3n) is 6.22. The van der Waals surface area contributed by atoms with E-state index in [4.69, 9.17) is 14.3 Å². The highest BCUT2D eigenvalue weighted by molar-refractivity contribution is 6.10. The lowest BCUT2D eigenvalue weighted by Crippen LogP contribution is -2.40. The van der Waals surface area contributed by atoms with Crippen LogP contribution in [0.5, 0.6) is 0 Å². The number of hydrogen-bond acceptors (Lipinski definition) is 9. The number of ether oxygens (including phenoxy) is 2. The zero-order valence-electron chi connectivity index (χ0n) is 22.2. The van der Waals surface area contributed by atoms with Crippen LogP contribution in [0.3, 0.4) is 0 Å². The molecule has 0 bridgehead atoms. The molecule has 0 aliphatic heterocycles. The molecule has 1 N–H and O–H groups in total. The summed E-state index contributed by atoms with van der Waals surface area (Å²) in [5, 5.41) is 18.8. The minimum Gasteiger partial charge on any atom is -0.389 e. The molecule has 11 heteroatoms. The van der Waals surface area contributed by atoms with Gasteiger partial charge in [-0.05, 0) is 42.3 Å². The standard InChI is InChI=1S/C26H35N7O4/c1-7-36-24(19(4)35-6)17(2)18(3)26(34)28-22-15-11-14-21(27-22)16-37-30-23(20-12-9-8-10-13-20)25-29-31-32-33(25)5/h8-15,17-19,24H,7,16H2,1-6H3,(H,27,28,34)/b30-23-. The van der Waals surface area contributed by atoms with E-state index < -0.39 is 0 Å². The van der Waals surface area contributed by atoms with Gasteiger partial charge in [-0.25, -0.2) is 9.67 Å². The number of aromatic nitrogens is 5. The maximum absolute atomic E-state index is 13.0. The number of nitrogens with one attached hydrogen (secondary N) is 1. The molecule has 0 radical (unpaired) electrons. The summed E-state index contributed by atoms with van der Waals surface area (Å²) in [6.45, 7) is 8.38. The second-order valence-corrected chi connectivity index (χ2v) is 8.72. The maximum Gasteiger partial charge on any atom is 0.228 e. The predicted molar refractivity (Wildman–Crippen MR) is 139 cm³/mol. The summed E-state index contributed by atoms with van der Waals surface area (Å²) in [7, 11) is 3.37. The van der Waals surface area contributed by atoms with Gasteiger partial charge in [-0.15, -0.1) is 5.10 Å². The van der Waals surface area contributed by atoms with Crippen molar-refractivity contribution in [2.75, 3.05) is 19.0 Å². The average Bonchev–Trinajstić information content (AvgIpc) is 3.34. The molecule has 0 saturated carbocycles. The van der Waals surface area contributed by atoms with Gasteiger partial charge >= 0.3 is 0 Å². The molecule has 4 unspecified atom stereocenters. The van der Waals surface area contributed by atoms with Gasteiger partial charge in [0, 0.05) is 32.2 Å². The number of anilines is 1. The third kappa shape index (κ3) is 7.40. The summed E-state index contributed by atoms with van der Waals surface area (Å²) in [4.78, 5) is 23.1. The van der Waals surface area contributed by atoms with Crippen LogP contribution < -0.4 is 5.32 Å². The minimum absolute atomic E-state index is 0.0673. The van der Waals surface area contributed by atoms with Crippen molar-refractivity contribution in [1.29, 1.82) is 0 Å². The second kappa shape index (κ2) is 13.6. The van der Waals surface area contributed by atoms with E-state index in [0.29, 0.717) is 29.7 Å². The highest BCUT2D eigenvalue weighted by Crippen LogP contribution is 2.23. The van der Waals surface area contributed by atoms with Crippen LogP contribution in [-0.4, -0.2) is 62.7 Å². The first-order valence-electron chi connectivity index (χ1n) is 12.2. The molecular weight excluding hydrogens is 474 g/mol. The van der Waals surface area contributed by atoms with E-state index in [1.165, 1.54) is 4.68 Å². The fourth-order valence-electron chi connectivity index (χ4n) is 3.85. The first kappa shape index (κ1) is 27.9. The number of tetrazole rings is 1. The Bertz CT molecular complexity index is 1170. The average molecular weight is 510 g/mol. The summed E-state index contributed by atoms with van der Waals surface area (Å²) in [6, 6.07) is 14.9. The molecule has 198 valence electrons. The van der Waals surface area contributed by atoms with Gasteiger partial charge in [-0.3, -0.25) is 4.79 Å². The Morgan fingerprint density at radius 1 is 1.11 bits per heavy atom. The lowest BCUT2D eigenvalue weighted by atomic mass is 9.87. The number of hydrogen-bond donors (Lipinski definition) is 1. The van der Waals surface area contributed by atoms with Crippen LogP contribution in [0.2, 0.25) is 0 Å². The van der Waals surface area contributed by atoms with Crippen LogP contribution in [0.4, 0.5) is 5.82 Å². The van der Waals surface area contributed by atoms with Gasteiger partial charge in [0.15, 0.2) is 12.3 Å². The van der Waals surface area contributed by atoms with Crippen LogP contribution in [-0.2, 0) is 32.8 Å². The molecule has 1 amide bonds. The summed E-state index contributed by atoms with van der Waals surface area (Å²) in [6.07, 6.45) is -0.341. The highest BCUT2D eigenvalue weighted by atomic mass is 16.6. The lowest BCUT2D eigenvalue weighted by molar-refractivity contribution is -0.126. The van der Waals surface area contributed by atoms with Crippen molar-refractivity contribution in [3.63, 3.8) is 0 Å². The van der Waals surface area contributed by atoms with Crippen LogP contribution in [0.25, 0.3) is 0 Å². The second-order valence-electron chi connectivity index (χ2n) is 8.72. The van der Waals surface area contributed by atoms with Crippen molar-refractivity contribution in [3.05, 3.63) is 65.6 Å². The summed E-state index contributed by atoms with van der Waals surface area (Å²) >= 11 is 0. The number of carbonyl (C=O) groups is 1. The Hall–Kier alpha value is -3.70. The van der Waals surface area contributed by atoms with Gasteiger partial charge in [0.2, 0.25) is 11.7 Å². The Morgan fingerprint density at radius 2 is 1.86 bits per heavy atom. The predicted octanol–water partition coefficient (Wildman–Crippen LogP) is 3.23. The number of rotatable bonds is 13. The van der Waals surface area contributed by atoms with Crippen molar-refractivity contribution >= 4 is 17.4 Å². The van der Waals surface area contributed by atoms with Crippen LogP contribution in [0.15, 0.2) is 53.7 Å². The van der Waals surface area contributed by atoms with E-state index in [9.17, 15) is 4.79 Å². The topological polar surface area (TPSA) is 126 Å². The van der Waals surface area contributed by atoms with E-state index in [1.807, 2.05) is 58.0 Å². The Morgan fingerprint density at radius 3 is 2.51 bits per heavy atom. The van der Waals surface area contributed by atoms with E-state index in [0.717, 1.165) is 5.56 Å². The quantitative estimate of drug-likeness (QED) is 0.275. The van der Waals surface area contributed by atoms with Crippen LogP contribution in [0.1, 0.15) is 44.8 Å². The van der Waals surface area contributed by atoms with Gasteiger partial charge in [0.05, 0.1) is 17.9 Å². The number of carbonyl (C=O) groups excluding carboxylic acids is 1. The molecule has 1 aromatic carbocycles. The molecule has 2 aromatic heterocycles. The Kier molecular flexibility index (Phi) is 10.2. The maximum atomic E-state index is 13.0. The molecule has 2 heterocycles. The van der Waals surface area contributed by atoms with Crippen molar-refractivity contribution < 1.29 is 19.1 Å². The molecule has 0 aliphatic rings. The zero-order chi connectivity index (χ0) is 26.8. The number of oxime groups is 1. The molecule has 4 atom stereocenters. The van der Waals surface area contributed by atoms with Crippen LogP contribution in [0, 0.1) is 11.8 Å². The monoisotopic (exact) mass is 509 g/mol. The molecule has 0 spiro atoms. The molecule has 0 fully saturated rings. The van der Waals surface area contributed by atoms with Gasteiger partial charge in [0.1, 0.15) is 5.82 Å². The minimum atomic E-state index is -0.325. The SMILES string of the molecule is CCOC(C(C)OC)C(C)C(C)C(=O)Nc1cccc(CO/N=C(/c2ccccc2)c2nnnn2C)n1. The van der Waals surface area contributed by atoms with Gasteiger partial charge in [-0.2, -0.15) is 0 Å². The summed E-state index contributed by atoms with van der Waals surface area (Å²) in [5.41, 5.74) is 1.91. The number of amides is 1. The first-order valence-corrected chi connectivity index (χ1v) is 12.2. The molecule has 11 nitrogen and oxygen atoms in total. The van der Waals surface area contributed by atoms with Crippen molar-refractivity contribution in [1.82, 2.24) is 25.2 Å². The van der Waals surface area contributed by atoms with Crippen molar-refractivity contribution in [2.45, 2.75) is 46.5 Å². The van der Waals surface area contributed by atoms with Gasteiger partial charge in [0.25, 0.3) is 0 Å². The van der Waals surface area contributed by atoms with Crippen molar-refractivity contribution in [2.24, 2.45) is 24.0 Å². The van der Waals surface area contributed by atoms with E-state index in [2.05, 4.69) is 31.0 Å². The zero-order valence-corrected chi connectivity index (χ0v) is 22.2. The normalized spacial score (nSPS) is 15.0. The fraction of sp³-hybridized carbons (Fsp3) is 0.462. The Balaban J connectivity index is 1.67. The number of nitrogens with zero attached hydrogens (tertiary/aromatic N) is 6. The summed E-state index contributed by atoms with van der Waals surface area (Å²) in [5.74, 6) is 0.362. The van der Waals surface area contributed by atoms with Crippen molar-refractivity contribution in [3.8, 4) is 0 Å². The smallest absolute Gasteiger partial charge is 0.228 e. The lowest BCUT2D eigenvalue weighted by Gasteiger charge is -2.31. The molecular formula is C26H35N7O4. The number of methoxy groups -OCH3 is 1. The number of benzene rings is 1. The molecule has 0 saturated heterocycles. The first-order chi connectivity index (χ1) is 17.8. The molecule has 3 rings (SSSR count). The highest BCUT2D eigenvalue weighted by Gasteiger charge is 2.32. The van der Waals surface area contributed by atoms with Gasteiger partial charge in [-0.1, -0.05) is 55.4 Å². The van der Waals surface area contributed by atoms with E-state index >= 15 is 0 Å². The number of pyridine rings is 1. The largest absolute Gasteiger partial charge is 0.389 e.